The first kappa shape index (κ1) is 14.4. The second-order valence-corrected chi connectivity index (χ2v) is 6.12. The highest BCUT2D eigenvalue weighted by Crippen LogP contribution is 2.16. The van der Waals surface area contributed by atoms with Crippen LogP contribution in [0.15, 0.2) is 24.3 Å². The average molecular weight is 278 g/mol. The Hall–Kier alpha value is -1.00. The minimum absolute atomic E-state index is 0.0867. The zero-order valence-corrected chi connectivity index (χ0v) is 12.4. The first-order valence-corrected chi connectivity index (χ1v) is 8.17. The molecule has 0 saturated heterocycles. The molecule has 1 aromatic carbocycles. The number of thioether (sulfide) groups is 1. The van der Waals surface area contributed by atoms with E-state index < -0.39 is 0 Å². The second-order valence-electron chi connectivity index (χ2n) is 5.21. The minimum atomic E-state index is -0.0867. The Labute approximate surface area is 119 Å². The molecule has 1 unspecified atom stereocenters. The summed E-state index contributed by atoms with van der Waals surface area (Å²) >= 11 is 1.82. The third-order valence-electron chi connectivity index (χ3n) is 3.47. The molecule has 1 amide bonds. The van der Waals surface area contributed by atoms with Crippen LogP contribution in [0.5, 0.6) is 0 Å². The molecule has 0 bridgehead atoms. The van der Waals surface area contributed by atoms with Gasteiger partial charge in [0.05, 0.1) is 6.04 Å². The number of rotatable bonds is 5. The van der Waals surface area contributed by atoms with E-state index in [1.165, 1.54) is 11.1 Å². The van der Waals surface area contributed by atoms with Crippen molar-refractivity contribution < 1.29 is 4.79 Å². The maximum Gasteiger partial charge on any atom is 0.237 e. The molecule has 0 radical (unpaired) electrons. The van der Waals surface area contributed by atoms with Gasteiger partial charge in [-0.3, -0.25) is 4.79 Å². The second kappa shape index (κ2) is 6.96. The van der Waals surface area contributed by atoms with E-state index in [1.54, 1.807) is 0 Å². The number of carbonyl (C=O) groups excluding carboxylic acids is 1. The van der Waals surface area contributed by atoms with Gasteiger partial charge < -0.3 is 10.6 Å². The smallest absolute Gasteiger partial charge is 0.237 e. The highest BCUT2D eigenvalue weighted by atomic mass is 32.2. The summed E-state index contributed by atoms with van der Waals surface area (Å²) in [6.07, 6.45) is 2.89. The van der Waals surface area contributed by atoms with Gasteiger partial charge in [0.2, 0.25) is 5.91 Å². The normalized spacial score (nSPS) is 19.6. The molecule has 0 saturated carbocycles. The number of hydrogen-bond acceptors (Lipinski definition) is 3. The minimum Gasteiger partial charge on any atom is -0.354 e. The molecule has 19 heavy (non-hydrogen) atoms. The number of benzene rings is 1. The van der Waals surface area contributed by atoms with E-state index in [2.05, 4.69) is 35.9 Å². The van der Waals surface area contributed by atoms with E-state index in [0.29, 0.717) is 5.92 Å². The average Bonchev–Trinajstić information content (AvgIpc) is 2.44. The maximum absolute atomic E-state index is 12.1. The molecule has 3 nitrogen and oxygen atoms in total. The van der Waals surface area contributed by atoms with E-state index in [9.17, 15) is 4.79 Å². The molecular formula is C15H22N2OS. The van der Waals surface area contributed by atoms with Crippen molar-refractivity contribution in [1.29, 1.82) is 0 Å². The van der Waals surface area contributed by atoms with E-state index in [0.717, 1.165) is 25.3 Å². The molecule has 2 rings (SSSR count). The van der Waals surface area contributed by atoms with Crippen LogP contribution in [0.4, 0.5) is 0 Å². The van der Waals surface area contributed by atoms with Gasteiger partial charge >= 0.3 is 0 Å². The van der Waals surface area contributed by atoms with Crippen LogP contribution < -0.4 is 10.6 Å². The maximum atomic E-state index is 12.1. The summed E-state index contributed by atoms with van der Waals surface area (Å²) in [5, 5.41) is 6.37. The number of carbonyl (C=O) groups is 1. The fraction of sp³-hybridized carbons (Fsp3) is 0.533. The molecule has 2 atom stereocenters. The molecule has 1 aromatic rings. The molecule has 0 aromatic heterocycles. The third-order valence-corrected chi connectivity index (χ3v) is 4.38. The molecule has 1 heterocycles. The van der Waals surface area contributed by atoms with Crippen molar-refractivity contribution in [3.05, 3.63) is 35.4 Å². The Morgan fingerprint density at radius 1 is 1.47 bits per heavy atom. The Kier molecular flexibility index (Phi) is 5.28. The monoisotopic (exact) mass is 278 g/mol. The summed E-state index contributed by atoms with van der Waals surface area (Å²) < 4.78 is 0. The summed E-state index contributed by atoms with van der Waals surface area (Å²) in [6, 6.07) is 8.24. The lowest BCUT2D eigenvalue weighted by molar-refractivity contribution is -0.123. The Balaban J connectivity index is 1.85. The fourth-order valence-electron chi connectivity index (χ4n) is 2.38. The first-order chi connectivity index (χ1) is 9.20. The van der Waals surface area contributed by atoms with Crippen molar-refractivity contribution in [2.75, 3.05) is 18.6 Å². The fourth-order valence-corrected chi connectivity index (χ4v) is 3.07. The summed E-state index contributed by atoms with van der Waals surface area (Å²) in [7, 11) is 0. The lowest BCUT2D eigenvalue weighted by Gasteiger charge is -2.25. The van der Waals surface area contributed by atoms with E-state index in [1.807, 2.05) is 23.9 Å². The van der Waals surface area contributed by atoms with E-state index >= 15 is 0 Å². The molecular weight excluding hydrogens is 256 g/mol. The van der Waals surface area contributed by atoms with Crippen LogP contribution in [0.3, 0.4) is 0 Å². The zero-order chi connectivity index (χ0) is 13.7. The van der Waals surface area contributed by atoms with Gasteiger partial charge in [-0.2, -0.15) is 11.8 Å². The topological polar surface area (TPSA) is 41.1 Å². The van der Waals surface area contributed by atoms with Crippen molar-refractivity contribution in [2.24, 2.45) is 5.92 Å². The van der Waals surface area contributed by atoms with Gasteiger partial charge in [0, 0.05) is 13.1 Å². The van der Waals surface area contributed by atoms with Gasteiger partial charge in [0.1, 0.15) is 0 Å². The van der Waals surface area contributed by atoms with Gasteiger partial charge in [-0.1, -0.05) is 31.2 Å². The number of fused-ring (bicyclic) bond motifs is 1. The van der Waals surface area contributed by atoms with Crippen molar-refractivity contribution in [2.45, 2.75) is 25.9 Å². The van der Waals surface area contributed by atoms with Crippen molar-refractivity contribution in [3.8, 4) is 0 Å². The highest BCUT2D eigenvalue weighted by molar-refractivity contribution is 7.98. The molecule has 104 valence electrons. The van der Waals surface area contributed by atoms with Gasteiger partial charge in [0.25, 0.3) is 0 Å². The van der Waals surface area contributed by atoms with Crippen LogP contribution in [0.1, 0.15) is 18.1 Å². The first-order valence-electron chi connectivity index (χ1n) is 6.77. The molecule has 0 spiro atoms. The Morgan fingerprint density at radius 3 is 2.95 bits per heavy atom. The summed E-state index contributed by atoms with van der Waals surface area (Å²) in [4.78, 5) is 12.1. The number of hydrogen-bond donors (Lipinski definition) is 2. The van der Waals surface area contributed by atoms with Crippen LogP contribution in [0.25, 0.3) is 0 Å². The highest BCUT2D eigenvalue weighted by Gasteiger charge is 2.23. The molecule has 4 heteroatoms. The van der Waals surface area contributed by atoms with Crippen molar-refractivity contribution in [1.82, 2.24) is 10.6 Å². The summed E-state index contributed by atoms with van der Waals surface area (Å²) in [6.45, 7) is 3.72. The zero-order valence-electron chi connectivity index (χ0n) is 11.6. The Morgan fingerprint density at radius 2 is 2.21 bits per heavy atom. The molecule has 0 fully saturated rings. The van der Waals surface area contributed by atoms with Crippen LogP contribution in [0, 0.1) is 5.92 Å². The third kappa shape index (κ3) is 3.98. The summed E-state index contributed by atoms with van der Waals surface area (Å²) in [5.74, 6) is 1.73. The lowest BCUT2D eigenvalue weighted by Crippen LogP contribution is -2.48. The molecule has 2 N–H and O–H groups in total. The van der Waals surface area contributed by atoms with Gasteiger partial charge in [0.15, 0.2) is 0 Å². The molecule has 1 aliphatic heterocycles. The lowest BCUT2D eigenvalue weighted by atomic mass is 9.95. The SMILES string of the molecule is CSCC(C)CNC(=O)[C@H]1Cc2ccccc2CN1. The van der Waals surface area contributed by atoms with Crippen LogP contribution in [-0.2, 0) is 17.8 Å². The predicted molar refractivity (Wildman–Crippen MR) is 81.3 cm³/mol. The quantitative estimate of drug-likeness (QED) is 0.863. The molecule has 0 aliphatic carbocycles. The van der Waals surface area contributed by atoms with E-state index in [4.69, 9.17) is 0 Å². The summed E-state index contributed by atoms with van der Waals surface area (Å²) in [5.41, 5.74) is 2.60. The van der Waals surface area contributed by atoms with Crippen LogP contribution in [0.2, 0.25) is 0 Å². The van der Waals surface area contributed by atoms with Crippen LogP contribution >= 0.6 is 11.8 Å². The largest absolute Gasteiger partial charge is 0.354 e. The van der Waals surface area contributed by atoms with Crippen LogP contribution in [-0.4, -0.2) is 30.5 Å². The molecule has 1 aliphatic rings. The van der Waals surface area contributed by atoms with Gasteiger partial charge in [-0.05, 0) is 35.5 Å². The Bertz CT molecular complexity index is 436. The predicted octanol–water partition coefficient (Wildman–Crippen LogP) is 1.82. The standard InChI is InChI=1S/C15H22N2OS/c1-11(10-19-2)8-17-15(18)14-7-12-5-3-4-6-13(12)9-16-14/h3-6,11,14,16H,7-10H2,1-2H3,(H,17,18)/t11?,14-/m1/s1. The van der Waals surface area contributed by atoms with Gasteiger partial charge in [-0.15, -0.1) is 0 Å². The van der Waals surface area contributed by atoms with Gasteiger partial charge in [-0.25, -0.2) is 0 Å². The van der Waals surface area contributed by atoms with Crippen molar-refractivity contribution >= 4 is 17.7 Å². The van der Waals surface area contributed by atoms with Crippen molar-refractivity contribution in [3.63, 3.8) is 0 Å². The van der Waals surface area contributed by atoms with E-state index in [-0.39, 0.29) is 11.9 Å². The number of amides is 1. The number of nitrogens with one attached hydrogen (secondary N) is 2.